The summed E-state index contributed by atoms with van der Waals surface area (Å²) in [6.45, 7) is -0.190. The SMILES string of the molecule is OC[C@H]1OC2O[C@H]1[C@H](O)[C@H]2O. The van der Waals surface area contributed by atoms with Crippen LogP contribution < -0.4 is 0 Å². The van der Waals surface area contributed by atoms with Crippen molar-refractivity contribution < 1.29 is 24.8 Å². The summed E-state index contributed by atoms with van der Waals surface area (Å²) in [5.74, 6) is 0. The van der Waals surface area contributed by atoms with E-state index in [-0.39, 0.29) is 6.61 Å². The van der Waals surface area contributed by atoms with Crippen molar-refractivity contribution in [1.29, 1.82) is 0 Å². The predicted molar refractivity (Wildman–Crippen MR) is 32.6 cm³/mol. The highest BCUT2D eigenvalue weighted by molar-refractivity contribution is 4.96. The summed E-state index contributed by atoms with van der Waals surface area (Å²) in [5, 5.41) is 27.0. The quantitative estimate of drug-likeness (QED) is 0.408. The third kappa shape index (κ3) is 0.896. The maximum absolute atomic E-state index is 9.22. The van der Waals surface area contributed by atoms with Crippen LogP contribution in [0, 0.1) is 0 Å². The van der Waals surface area contributed by atoms with Gasteiger partial charge in [-0.25, -0.2) is 0 Å². The normalized spacial score (nSPS) is 55.4. The fourth-order valence-electron chi connectivity index (χ4n) is 1.49. The number of fused-ring (bicyclic) bond motifs is 2. The minimum absolute atomic E-state index is 0.190. The molecule has 64 valence electrons. The molecule has 0 amide bonds. The van der Waals surface area contributed by atoms with Crippen LogP contribution in [0.4, 0.5) is 0 Å². The van der Waals surface area contributed by atoms with Gasteiger partial charge in [0.1, 0.15) is 24.4 Å². The number of hydrogen-bond donors (Lipinski definition) is 3. The molecule has 0 aromatic heterocycles. The minimum atomic E-state index is -0.970. The Balaban J connectivity index is 2.10. The highest BCUT2D eigenvalue weighted by Crippen LogP contribution is 2.33. The zero-order valence-corrected chi connectivity index (χ0v) is 5.75. The van der Waals surface area contributed by atoms with E-state index in [2.05, 4.69) is 0 Å². The molecule has 0 aromatic carbocycles. The van der Waals surface area contributed by atoms with Crippen molar-refractivity contribution in [1.82, 2.24) is 0 Å². The van der Waals surface area contributed by atoms with E-state index in [1.54, 1.807) is 0 Å². The van der Waals surface area contributed by atoms with E-state index in [0.29, 0.717) is 0 Å². The number of aliphatic hydroxyl groups excluding tert-OH is 3. The molecular weight excluding hydrogens is 152 g/mol. The van der Waals surface area contributed by atoms with Gasteiger partial charge in [0.2, 0.25) is 0 Å². The van der Waals surface area contributed by atoms with Crippen molar-refractivity contribution in [2.45, 2.75) is 30.7 Å². The second-order valence-corrected chi connectivity index (χ2v) is 2.81. The van der Waals surface area contributed by atoms with Crippen LogP contribution in [0.2, 0.25) is 0 Å². The lowest BCUT2D eigenvalue weighted by molar-refractivity contribution is -0.141. The summed E-state index contributed by atoms with van der Waals surface area (Å²) in [4.78, 5) is 0. The third-order valence-corrected chi connectivity index (χ3v) is 2.11. The fourth-order valence-corrected chi connectivity index (χ4v) is 1.49. The first kappa shape index (κ1) is 7.45. The third-order valence-electron chi connectivity index (χ3n) is 2.11. The number of aliphatic hydroxyl groups is 3. The van der Waals surface area contributed by atoms with Crippen molar-refractivity contribution in [3.63, 3.8) is 0 Å². The molecule has 0 aliphatic carbocycles. The second-order valence-electron chi connectivity index (χ2n) is 2.81. The molecule has 2 bridgehead atoms. The molecule has 5 nitrogen and oxygen atoms in total. The van der Waals surface area contributed by atoms with E-state index in [4.69, 9.17) is 19.7 Å². The van der Waals surface area contributed by atoms with Gasteiger partial charge >= 0.3 is 0 Å². The van der Waals surface area contributed by atoms with Crippen molar-refractivity contribution in [3.8, 4) is 0 Å². The van der Waals surface area contributed by atoms with E-state index < -0.39 is 30.7 Å². The number of hydrogen-bond acceptors (Lipinski definition) is 5. The summed E-state index contributed by atoms with van der Waals surface area (Å²) >= 11 is 0. The van der Waals surface area contributed by atoms with Crippen molar-refractivity contribution in [3.05, 3.63) is 0 Å². The highest BCUT2D eigenvalue weighted by Gasteiger charge is 2.54. The van der Waals surface area contributed by atoms with Crippen LogP contribution in [0.15, 0.2) is 0 Å². The molecule has 5 heteroatoms. The van der Waals surface area contributed by atoms with Gasteiger partial charge in [-0.1, -0.05) is 0 Å². The van der Waals surface area contributed by atoms with E-state index in [1.807, 2.05) is 0 Å². The standard InChI is InChI=1S/C6H10O5/c7-1-2-5-3(8)4(9)6(10-2)11-5/h2-9H,1H2/t2-,3-,4-,5-,6?/m1/s1. The molecule has 2 fully saturated rings. The minimum Gasteiger partial charge on any atom is -0.394 e. The van der Waals surface area contributed by atoms with Crippen LogP contribution in [0.5, 0.6) is 0 Å². The molecule has 0 spiro atoms. The molecule has 0 aromatic rings. The Hall–Kier alpha value is -0.200. The molecule has 5 atom stereocenters. The van der Waals surface area contributed by atoms with Gasteiger partial charge < -0.3 is 24.8 Å². The second kappa shape index (κ2) is 2.40. The van der Waals surface area contributed by atoms with E-state index >= 15 is 0 Å². The van der Waals surface area contributed by atoms with Crippen LogP contribution >= 0.6 is 0 Å². The first-order valence-electron chi connectivity index (χ1n) is 3.52. The predicted octanol–water partition coefficient (Wildman–Crippen LogP) is -2.18. The van der Waals surface area contributed by atoms with Crippen LogP contribution in [-0.2, 0) is 9.47 Å². The molecule has 2 saturated heterocycles. The summed E-state index contributed by atoms with van der Waals surface area (Å²) < 4.78 is 10.0. The Morgan fingerprint density at radius 3 is 2.27 bits per heavy atom. The smallest absolute Gasteiger partial charge is 0.187 e. The Bertz CT molecular complexity index is 155. The molecule has 1 unspecified atom stereocenters. The first-order valence-corrected chi connectivity index (χ1v) is 3.52. The molecule has 2 aliphatic rings. The molecular formula is C6H10O5. The van der Waals surface area contributed by atoms with Crippen LogP contribution in [0.1, 0.15) is 0 Å². The lowest BCUT2D eigenvalue weighted by atomic mass is 10.0. The van der Waals surface area contributed by atoms with Gasteiger partial charge in [-0.3, -0.25) is 0 Å². The van der Waals surface area contributed by atoms with Crippen molar-refractivity contribution >= 4 is 0 Å². The Kier molecular flexibility index (Phi) is 1.62. The number of ether oxygens (including phenoxy) is 2. The average molecular weight is 162 g/mol. The van der Waals surface area contributed by atoms with Gasteiger partial charge in [-0.05, 0) is 0 Å². The molecule has 2 aliphatic heterocycles. The lowest BCUT2D eigenvalue weighted by Crippen LogP contribution is -2.46. The topological polar surface area (TPSA) is 79.2 Å². The summed E-state index contributed by atoms with van der Waals surface area (Å²) in [6.07, 6.45) is -3.71. The van der Waals surface area contributed by atoms with Gasteiger partial charge in [0.15, 0.2) is 6.29 Å². The molecule has 2 rings (SSSR count). The zero-order valence-electron chi connectivity index (χ0n) is 5.75. The van der Waals surface area contributed by atoms with Crippen LogP contribution in [0.3, 0.4) is 0 Å². The molecule has 3 N–H and O–H groups in total. The molecule has 2 heterocycles. The van der Waals surface area contributed by atoms with Gasteiger partial charge in [-0.2, -0.15) is 0 Å². The largest absolute Gasteiger partial charge is 0.394 e. The fraction of sp³-hybridized carbons (Fsp3) is 1.00. The Morgan fingerprint density at radius 1 is 1.09 bits per heavy atom. The van der Waals surface area contributed by atoms with Crippen molar-refractivity contribution in [2.24, 2.45) is 0 Å². The Morgan fingerprint density at radius 2 is 1.82 bits per heavy atom. The summed E-state index contributed by atoms with van der Waals surface area (Å²) in [6, 6.07) is 0. The van der Waals surface area contributed by atoms with E-state index in [9.17, 15) is 5.11 Å². The lowest BCUT2D eigenvalue weighted by Gasteiger charge is -2.24. The van der Waals surface area contributed by atoms with E-state index in [1.165, 1.54) is 0 Å². The van der Waals surface area contributed by atoms with Gasteiger partial charge in [0.05, 0.1) is 6.61 Å². The maximum Gasteiger partial charge on any atom is 0.187 e. The summed E-state index contributed by atoms with van der Waals surface area (Å²) in [5.41, 5.74) is 0. The van der Waals surface area contributed by atoms with Gasteiger partial charge in [-0.15, -0.1) is 0 Å². The van der Waals surface area contributed by atoms with Gasteiger partial charge in [0, 0.05) is 0 Å². The molecule has 0 saturated carbocycles. The van der Waals surface area contributed by atoms with Crippen molar-refractivity contribution in [2.75, 3.05) is 6.61 Å². The number of rotatable bonds is 1. The van der Waals surface area contributed by atoms with E-state index in [0.717, 1.165) is 0 Å². The summed E-state index contributed by atoms with van der Waals surface area (Å²) in [7, 11) is 0. The highest BCUT2D eigenvalue weighted by atomic mass is 16.8. The monoisotopic (exact) mass is 162 g/mol. The first-order chi connectivity index (χ1) is 5.24. The average Bonchev–Trinajstić information content (AvgIpc) is 2.53. The molecule has 0 radical (unpaired) electrons. The van der Waals surface area contributed by atoms with Gasteiger partial charge in [0.25, 0.3) is 0 Å². The Labute approximate surface area is 63.2 Å². The molecule has 11 heavy (non-hydrogen) atoms. The maximum atomic E-state index is 9.22. The van der Waals surface area contributed by atoms with Crippen LogP contribution in [0.25, 0.3) is 0 Å². The zero-order chi connectivity index (χ0) is 8.01. The van der Waals surface area contributed by atoms with Crippen LogP contribution in [-0.4, -0.2) is 52.6 Å².